The predicted octanol–water partition coefficient (Wildman–Crippen LogP) is 7.19. The lowest BCUT2D eigenvalue weighted by atomic mass is 9.84. The average Bonchev–Trinajstić information content (AvgIpc) is 2.99. The summed E-state index contributed by atoms with van der Waals surface area (Å²) in [5.74, 6) is 0.930. The minimum atomic E-state index is 0.930. The van der Waals surface area contributed by atoms with E-state index < -0.39 is 0 Å². The van der Waals surface area contributed by atoms with E-state index in [1.165, 1.54) is 78.3 Å². The maximum atomic E-state index is 2.53. The van der Waals surface area contributed by atoms with E-state index in [0.717, 1.165) is 5.92 Å². The summed E-state index contributed by atoms with van der Waals surface area (Å²) in [6, 6.07) is 11.6. The molecular formula is C25H30. The normalized spacial score (nSPS) is 17.5. The molecule has 4 rings (SSSR count). The smallest absolute Gasteiger partial charge is 0.00549 e. The van der Waals surface area contributed by atoms with E-state index in [9.17, 15) is 0 Å². The van der Waals surface area contributed by atoms with Crippen LogP contribution in [0.5, 0.6) is 0 Å². The van der Waals surface area contributed by atoms with Gasteiger partial charge >= 0.3 is 0 Å². The molecule has 0 amide bonds. The zero-order chi connectivity index (χ0) is 17.4. The predicted molar refractivity (Wildman–Crippen MR) is 109 cm³/mol. The van der Waals surface area contributed by atoms with Gasteiger partial charge < -0.3 is 0 Å². The second-order valence-corrected chi connectivity index (χ2v) is 8.39. The Bertz CT molecular complexity index is 796. The molecule has 0 atom stereocenters. The van der Waals surface area contributed by atoms with Gasteiger partial charge in [0.25, 0.3) is 0 Å². The second kappa shape index (κ2) is 6.83. The molecule has 25 heavy (non-hydrogen) atoms. The van der Waals surface area contributed by atoms with Gasteiger partial charge in [0.15, 0.2) is 0 Å². The fourth-order valence-electron chi connectivity index (χ4n) is 4.93. The number of hydrogen-bond donors (Lipinski definition) is 0. The Morgan fingerprint density at radius 2 is 1.60 bits per heavy atom. The zero-order valence-electron chi connectivity index (χ0n) is 16.0. The topological polar surface area (TPSA) is 0 Å². The Labute approximate surface area is 153 Å². The lowest BCUT2D eigenvalue weighted by molar-refractivity contribution is 0.355. The van der Waals surface area contributed by atoms with Crippen molar-refractivity contribution in [1.29, 1.82) is 0 Å². The molecule has 0 unspecified atom stereocenters. The molecule has 130 valence electrons. The Balaban J connectivity index is 1.69. The molecule has 2 aromatic rings. The molecule has 0 aromatic heterocycles. The molecule has 0 spiro atoms. The van der Waals surface area contributed by atoms with Crippen molar-refractivity contribution in [3.05, 3.63) is 63.7 Å². The molecule has 2 aliphatic carbocycles. The third-order valence-corrected chi connectivity index (χ3v) is 6.15. The number of benzene rings is 2. The Kier molecular flexibility index (Phi) is 4.54. The number of hydrogen-bond acceptors (Lipinski definition) is 0. The molecule has 0 radical (unpaired) electrons. The summed E-state index contributed by atoms with van der Waals surface area (Å²) in [4.78, 5) is 0. The number of fused-ring (bicyclic) bond motifs is 1. The van der Waals surface area contributed by atoms with Gasteiger partial charge in [-0.3, -0.25) is 0 Å². The lowest BCUT2D eigenvalue weighted by Crippen LogP contribution is -2.07. The van der Waals surface area contributed by atoms with Crippen molar-refractivity contribution in [3.63, 3.8) is 0 Å². The van der Waals surface area contributed by atoms with Crippen LogP contribution in [0.1, 0.15) is 66.3 Å². The molecule has 1 saturated carbocycles. The Hall–Kier alpha value is -1.82. The van der Waals surface area contributed by atoms with Crippen LogP contribution in [-0.4, -0.2) is 0 Å². The first kappa shape index (κ1) is 16.6. The molecular weight excluding hydrogens is 300 g/mol. The summed E-state index contributed by atoms with van der Waals surface area (Å²) in [6.07, 6.45) is 12.2. The molecule has 0 N–H and O–H groups in total. The summed E-state index contributed by atoms with van der Waals surface area (Å²) in [7, 11) is 0. The molecule has 0 heterocycles. The molecule has 1 fully saturated rings. The van der Waals surface area contributed by atoms with Crippen molar-refractivity contribution in [3.8, 4) is 11.1 Å². The quantitative estimate of drug-likeness (QED) is 0.558. The fourth-order valence-corrected chi connectivity index (χ4v) is 4.93. The Morgan fingerprint density at radius 3 is 2.32 bits per heavy atom. The van der Waals surface area contributed by atoms with Crippen LogP contribution in [-0.2, 0) is 6.42 Å². The van der Waals surface area contributed by atoms with E-state index in [0.29, 0.717) is 0 Å². The maximum Gasteiger partial charge on any atom is -0.00549 e. The highest BCUT2D eigenvalue weighted by Crippen LogP contribution is 2.40. The fraction of sp³-hybridized carbons (Fsp3) is 0.440. The minimum absolute atomic E-state index is 0.930. The molecule has 0 nitrogen and oxygen atoms in total. The van der Waals surface area contributed by atoms with Crippen LogP contribution in [0.2, 0.25) is 0 Å². The van der Waals surface area contributed by atoms with Crippen LogP contribution in [0.4, 0.5) is 0 Å². The third kappa shape index (κ3) is 3.45. The maximum absolute atomic E-state index is 2.53. The van der Waals surface area contributed by atoms with Crippen molar-refractivity contribution in [2.24, 2.45) is 5.92 Å². The highest BCUT2D eigenvalue weighted by molar-refractivity contribution is 5.82. The number of rotatable bonds is 3. The van der Waals surface area contributed by atoms with E-state index >= 15 is 0 Å². The molecule has 0 aliphatic heterocycles. The lowest BCUT2D eigenvalue weighted by Gasteiger charge is -2.21. The van der Waals surface area contributed by atoms with Gasteiger partial charge in [0.2, 0.25) is 0 Å². The summed E-state index contributed by atoms with van der Waals surface area (Å²) in [5.41, 5.74) is 11.7. The highest BCUT2D eigenvalue weighted by Gasteiger charge is 2.22. The summed E-state index contributed by atoms with van der Waals surface area (Å²) < 4.78 is 0. The van der Waals surface area contributed by atoms with E-state index in [2.05, 4.69) is 57.2 Å². The monoisotopic (exact) mass is 330 g/mol. The molecule has 2 aliphatic rings. The minimum Gasteiger partial charge on any atom is -0.0649 e. The van der Waals surface area contributed by atoms with Crippen molar-refractivity contribution in [1.82, 2.24) is 0 Å². The van der Waals surface area contributed by atoms with Crippen LogP contribution in [0.3, 0.4) is 0 Å². The van der Waals surface area contributed by atoms with Gasteiger partial charge in [0.05, 0.1) is 0 Å². The van der Waals surface area contributed by atoms with Crippen molar-refractivity contribution >= 4 is 6.08 Å². The van der Waals surface area contributed by atoms with Crippen LogP contribution in [0.15, 0.2) is 35.9 Å². The highest BCUT2D eigenvalue weighted by atomic mass is 14.3. The van der Waals surface area contributed by atoms with Crippen LogP contribution in [0, 0.1) is 26.7 Å². The standard InChI is InChI=1S/C25H30/c1-17-11-18(2)13-22(12-17)23-10-9-19(3)24-15-21(16-25(23)24)14-20-7-5-4-6-8-20/h9-13,16,20H,4-8,14-15H2,1-3H3. The molecule has 0 bridgehead atoms. The Morgan fingerprint density at radius 1 is 0.880 bits per heavy atom. The average molecular weight is 331 g/mol. The van der Waals surface area contributed by atoms with Gasteiger partial charge in [-0.1, -0.05) is 85.2 Å². The van der Waals surface area contributed by atoms with Crippen molar-refractivity contribution in [2.75, 3.05) is 0 Å². The number of aryl methyl sites for hydroxylation is 3. The summed E-state index contributed by atoms with van der Waals surface area (Å²) in [6.45, 7) is 6.69. The van der Waals surface area contributed by atoms with Gasteiger partial charge in [-0.2, -0.15) is 0 Å². The van der Waals surface area contributed by atoms with Gasteiger partial charge in [0.1, 0.15) is 0 Å². The first-order valence-corrected chi connectivity index (χ1v) is 10.0. The summed E-state index contributed by atoms with van der Waals surface area (Å²) >= 11 is 0. The molecule has 2 aromatic carbocycles. The van der Waals surface area contributed by atoms with Crippen LogP contribution in [0.25, 0.3) is 17.2 Å². The second-order valence-electron chi connectivity index (χ2n) is 8.39. The van der Waals surface area contributed by atoms with E-state index in [1.807, 2.05) is 0 Å². The molecule has 0 heteroatoms. The largest absolute Gasteiger partial charge is 0.0649 e. The van der Waals surface area contributed by atoms with E-state index in [4.69, 9.17) is 0 Å². The SMILES string of the molecule is Cc1cc(C)cc(-c2ccc(C)c3c2C=C(CC2CCCCC2)C3)c1. The van der Waals surface area contributed by atoms with Gasteiger partial charge in [-0.15, -0.1) is 0 Å². The van der Waals surface area contributed by atoms with Gasteiger partial charge in [0, 0.05) is 0 Å². The van der Waals surface area contributed by atoms with Crippen molar-refractivity contribution in [2.45, 2.75) is 65.7 Å². The van der Waals surface area contributed by atoms with Crippen LogP contribution >= 0.6 is 0 Å². The van der Waals surface area contributed by atoms with Crippen LogP contribution < -0.4 is 0 Å². The molecule has 0 saturated heterocycles. The number of allylic oxidation sites excluding steroid dienone is 1. The zero-order valence-corrected chi connectivity index (χ0v) is 16.0. The van der Waals surface area contributed by atoms with Gasteiger partial charge in [-0.05, 0) is 67.3 Å². The van der Waals surface area contributed by atoms with E-state index in [-0.39, 0.29) is 0 Å². The first-order valence-electron chi connectivity index (χ1n) is 10.0. The first-order chi connectivity index (χ1) is 12.1. The third-order valence-electron chi connectivity index (χ3n) is 6.15. The van der Waals surface area contributed by atoms with E-state index in [1.54, 1.807) is 11.1 Å². The summed E-state index contributed by atoms with van der Waals surface area (Å²) in [5, 5.41) is 0. The van der Waals surface area contributed by atoms with Gasteiger partial charge in [-0.25, -0.2) is 0 Å². The van der Waals surface area contributed by atoms with Crippen molar-refractivity contribution < 1.29 is 0 Å².